The number of para-hydroxylation sites is 1. The molecule has 1 aromatic carbocycles. The van der Waals surface area contributed by atoms with Crippen LogP contribution >= 0.6 is 0 Å². The van der Waals surface area contributed by atoms with E-state index >= 15 is 0 Å². The third kappa shape index (κ3) is 3.14. The average Bonchev–Trinajstić information content (AvgIpc) is 2.07. The van der Waals surface area contributed by atoms with Crippen molar-refractivity contribution in [1.82, 2.24) is 4.90 Å². The second-order valence-corrected chi connectivity index (χ2v) is 3.27. The first kappa shape index (κ1) is 10.7. The molecule has 0 radical (unpaired) electrons. The lowest BCUT2D eigenvalue weighted by Crippen LogP contribution is -2.27. The van der Waals surface area contributed by atoms with Crippen LogP contribution in [-0.2, 0) is 4.79 Å². The maximum atomic E-state index is 13.1. The van der Waals surface area contributed by atoms with Crippen molar-refractivity contribution in [3.8, 4) is 0 Å². The van der Waals surface area contributed by atoms with Gasteiger partial charge in [0.2, 0.25) is 5.91 Å². The molecule has 0 saturated heterocycles. The van der Waals surface area contributed by atoms with Gasteiger partial charge in [0, 0.05) is 0 Å². The molecule has 0 heterocycles. The van der Waals surface area contributed by atoms with E-state index in [1.807, 2.05) is 0 Å². The van der Waals surface area contributed by atoms with Crippen LogP contribution in [0.4, 0.5) is 10.1 Å². The number of benzene rings is 1. The highest BCUT2D eigenvalue weighted by Crippen LogP contribution is 2.11. The molecule has 1 rings (SSSR count). The number of rotatable bonds is 3. The van der Waals surface area contributed by atoms with Crippen LogP contribution in [0, 0.1) is 5.82 Å². The molecule has 1 aromatic rings. The van der Waals surface area contributed by atoms with E-state index in [0.29, 0.717) is 0 Å². The van der Waals surface area contributed by atoms with Crippen LogP contribution in [0.2, 0.25) is 0 Å². The summed E-state index contributed by atoms with van der Waals surface area (Å²) in [6.07, 6.45) is 0. The summed E-state index contributed by atoms with van der Waals surface area (Å²) in [7, 11) is 3.56. The average molecular weight is 196 g/mol. The molecule has 0 aliphatic rings. The summed E-state index contributed by atoms with van der Waals surface area (Å²) in [6, 6.07) is 6.10. The minimum atomic E-state index is -0.417. The quantitative estimate of drug-likeness (QED) is 0.790. The van der Waals surface area contributed by atoms with Gasteiger partial charge in [-0.25, -0.2) is 4.39 Å². The standard InChI is InChI=1S/C10H13FN2O/c1-13(2)7-10(14)12-9-6-4-3-5-8(9)11/h3-6H,7H2,1-2H3,(H,12,14). The molecule has 1 amide bonds. The summed E-state index contributed by atoms with van der Waals surface area (Å²) >= 11 is 0. The molecule has 0 spiro atoms. The molecule has 0 fully saturated rings. The SMILES string of the molecule is CN(C)CC(=O)Nc1ccccc1F. The van der Waals surface area contributed by atoms with Crippen LogP contribution in [0.3, 0.4) is 0 Å². The fourth-order valence-corrected chi connectivity index (χ4v) is 1.04. The van der Waals surface area contributed by atoms with Gasteiger partial charge in [0.1, 0.15) is 5.82 Å². The highest BCUT2D eigenvalue weighted by atomic mass is 19.1. The first-order valence-electron chi connectivity index (χ1n) is 4.28. The van der Waals surface area contributed by atoms with Crippen LogP contribution in [-0.4, -0.2) is 31.4 Å². The normalized spacial score (nSPS) is 10.3. The van der Waals surface area contributed by atoms with Crippen molar-refractivity contribution in [1.29, 1.82) is 0 Å². The smallest absolute Gasteiger partial charge is 0.238 e. The number of halogens is 1. The van der Waals surface area contributed by atoms with Crippen LogP contribution in [0.15, 0.2) is 24.3 Å². The van der Waals surface area contributed by atoms with Gasteiger partial charge in [-0.2, -0.15) is 0 Å². The van der Waals surface area contributed by atoms with Crippen molar-refractivity contribution in [3.05, 3.63) is 30.1 Å². The Morgan fingerprint density at radius 1 is 1.43 bits per heavy atom. The maximum Gasteiger partial charge on any atom is 0.238 e. The van der Waals surface area contributed by atoms with Gasteiger partial charge >= 0.3 is 0 Å². The number of amides is 1. The molecule has 0 aliphatic carbocycles. The summed E-state index contributed by atoms with van der Waals surface area (Å²) in [5.74, 6) is -0.639. The summed E-state index contributed by atoms with van der Waals surface area (Å²) < 4.78 is 13.1. The molecular weight excluding hydrogens is 183 g/mol. The number of hydrogen-bond donors (Lipinski definition) is 1. The minimum absolute atomic E-state index is 0.222. The first-order chi connectivity index (χ1) is 6.59. The van der Waals surface area contributed by atoms with Crippen LogP contribution in [0.5, 0.6) is 0 Å². The molecule has 0 saturated carbocycles. The van der Waals surface area contributed by atoms with E-state index in [4.69, 9.17) is 0 Å². The fraction of sp³-hybridized carbons (Fsp3) is 0.300. The first-order valence-corrected chi connectivity index (χ1v) is 4.28. The minimum Gasteiger partial charge on any atom is -0.322 e. The van der Waals surface area contributed by atoms with Gasteiger partial charge in [-0.1, -0.05) is 12.1 Å². The van der Waals surface area contributed by atoms with Crippen molar-refractivity contribution in [2.45, 2.75) is 0 Å². The van der Waals surface area contributed by atoms with Crippen LogP contribution < -0.4 is 5.32 Å². The number of nitrogens with one attached hydrogen (secondary N) is 1. The molecule has 3 nitrogen and oxygen atoms in total. The zero-order valence-corrected chi connectivity index (χ0v) is 8.25. The summed E-state index contributed by atoms with van der Waals surface area (Å²) in [5.41, 5.74) is 0.222. The molecule has 0 aliphatic heterocycles. The third-order valence-electron chi connectivity index (χ3n) is 1.61. The van der Waals surface area contributed by atoms with Gasteiger partial charge in [0.05, 0.1) is 12.2 Å². The molecule has 1 N–H and O–H groups in total. The Hall–Kier alpha value is -1.42. The molecule has 0 unspecified atom stereocenters. The molecule has 14 heavy (non-hydrogen) atoms. The van der Waals surface area contributed by atoms with Gasteiger partial charge in [-0.3, -0.25) is 4.79 Å². The van der Waals surface area contributed by atoms with Gasteiger partial charge in [0.15, 0.2) is 0 Å². The molecular formula is C10H13FN2O. The Morgan fingerprint density at radius 3 is 2.64 bits per heavy atom. The summed E-state index contributed by atoms with van der Waals surface area (Å²) in [4.78, 5) is 13.0. The van der Waals surface area contributed by atoms with E-state index in [2.05, 4.69) is 5.32 Å². The highest BCUT2D eigenvalue weighted by Gasteiger charge is 2.06. The second-order valence-electron chi connectivity index (χ2n) is 3.27. The Labute approximate surface area is 82.5 Å². The Morgan fingerprint density at radius 2 is 2.07 bits per heavy atom. The third-order valence-corrected chi connectivity index (χ3v) is 1.61. The van der Waals surface area contributed by atoms with Gasteiger partial charge in [-0.05, 0) is 26.2 Å². The van der Waals surface area contributed by atoms with E-state index in [1.54, 1.807) is 31.1 Å². The summed E-state index contributed by atoms with van der Waals surface area (Å²) in [6.45, 7) is 0.244. The fourth-order valence-electron chi connectivity index (χ4n) is 1.04. The zero-order chi connectivity index (χ0) is 10.6. The van der Waals surface area contributed by atoms with Crippen molar-refractivity contribution in [3.63, 3.8) is 0 Å². The Kier molecular flexibility index (Phi) is 3.59. The lowest BCUT2D eigenvalue weighted by atomic mass is 10.3. The van der Waals surface area contributed by atoms with E-state index in [1.165, 1.54) is 12.1 Å². The van der Waals surface area contributed by atoms with Crippen molar-refractivity contribution in [2.75, 3.05) is 26.0 Å². The lowest BCUT2D eigenvalue weighted by molar-refractivity contribution is -0.116. The topological polar surface area (TPSA) is 32.3 Å². The number of anilines is 1. The van der Waals surface area contributed by atoms with E-state index < -0.39 is 5.82 Å². The maximum absolute atomic E-state index is 13.1. The largest absolute Gasteiger partial charge is 0.322 e. The monoisotopic (exact) mass is 196 g/mol. The van der Waals surface area contributed by atoms with E-state index in [9.17, 15) is 9.18 Å². The van der Waals surface area contributed by atoms with Gasteiger partial charge < -0.3 is 10.2 Å². The Bertz CT molecular complexity index is 326. The predicted molar refractivity (Wildman–Crippen MR) is 53.6 cm³/mol. The number of hydrogen-bond acceptors (Lipinski definition) is 2. The van der Waals surface area contributed by atoms with Crippen molar-refractivity contribution in [2.24, 2.45) is 0 Å². The van der Waals surface area contributed by atoms with E-state index in [-0.39, 0.29) is 18.1 Å². The number of nitrogens with zero attached hydrogens (tertiary/aromatic N) is 1. The van der Waals surface area contributed by atoms with Gasteiger partial charge in [0.25, 0.3) is 0 Å². The van der Waals surface area contributed by atoms with Crippen LogP contribution in [0.25, 0.3) is 0 Å². The summed E-state index contributed by atoms with van der Waals surface area (Å²) in [5, 5.41) is 2.49. The number of likely N-dealkylation sites (N-methyl/N-ethyl adjacent to an activating group) is 1. The second kappa shape index (κ2) is 4.72. The van der Waals surface area contributed by atoms with Crippen molar-refractivity contribution >= 4 is 11.6 Å². The number of carbonyl (C=O) groups is 1. The molecule has 0 bridgehead atoms. The number of carbonyl (C=O) groups excluding carboxylic acids is 1. The van der Waals surface area contributed by atoms with E-state index in [0.717, 1.165) is 0 Å². The molecule has 0 aromatic heterocycles. The molecule has 0 atom stereocenters. The predicted octanol–water partition coefficient (Wildman–Crippen LogP) is 1.33. The zero-order valence-electron chi connectivity index (χ0n) is 8.25. The van der Waals surface area contributed by atoms with Gasteiger partial charge in [-0.15, -0.1) is 0 Å². The highest BCUT2D eigenvalue weighted by molar-refractivity contribution is 5.92. The molecule has 4 heteroatoms. The van der Waals surface area contributed by atoms with Crippen LogP contribution in [0.1, 0.15) is 0 Å². The lowest BCUT2D eigenvalue weighted by Gasteiger charge is -2.10. The molecule has 76 valence electrons. The van der Waals surface area contributed by atoms with Crippen molar-refractivity contribution < 1.29 is 9.18 Å². The Balaban J connectivity index is 2.61.